The summed E-state index contributed by atoms with van der Waals surface area (Å²) in [7, 11) is 0. The Hall–Kier alpha value is -2.86. The van der Waals surface area contributed by atoms with E-state index in [1.54, 1.807) is 10.7 Å². The van der Waals surface area contributed by atoms with E-state index < -0.39 is 0 Å². The van der Waals surface area contributed by atoms with Crippen molar-refractivity contribution in [1.29, 1.82) is 0 Å². The van der Waals surface area contributed by atoms with Crippen LogP contribution in [-0.2, 0) is 0 Å². The number of hydrogen-bond donors (Lipinski definition) is 1. The summed E-state index contributed by atoms with van der Waals surface area (Å²) in [6.07, 6.45) is 3.52. The van der Waals surface area contributed by atoms with E-state index in [2.05, 4.69) is 26.0 Å². The summed E-state index contributed by atoms with van der Waals surface area (Å²) < 4.78 is 8.02. The van der Waals surface area contributed by atoms with Crippen molar-refractivity contribution in [1.82, 2.24) is 14.6 Å². The topological polar surface area (TPSA) is 59.7 Å². The SMILES string of the molecule is CC(C)Oc1ccc(-c2c(-c3ccccc3)cnc3ccnn23)c(O)c1Br. The molecule has 0 radical (unpaired) electrons. The highest BCUT2D eigenvalue weighted by Gasteiger charge is 2.20. The zero-order valence-electron chi connectivity index (χ0n) is 14.9. The second-order valence-electron chi connectivity index (χ2n) is 6.43. The minimum Gasteiger partial charge on any atom is -0.506 e. The molecule has 2 heterocycles. The van der Waals surface area contributed by atoms with Crippen molar-refractivity contribution in [3.05, 3.63) is 65.4 Å². The monoisotopic (exact) mass is 423 g/mol. The zero-order chi connectivity index (χ0) is 19.0. The van der Waals surface area contributed by atoms with Gasteiger partial charge in [-0.3, -0.25) is 0 Å². The van der Waals surface area contributed by atoms with Crippen LogP contribution in [0, 0.1) is 0 Å². The summed E-state index contributed by atoms with van der Waals surface area (Å²) in [5.41, 5.74) is 4.00. The van der Waals surface area contributed by atoms with Gasteiger partial charge in [-0.15, -0.1) is 0 Å². The number of hydrogen-bond acceptors (Lipinski definition) is 4. The molecule has 1 N–H and O–H groups in total. The average Bonchev–Trinajstić information content (AvgIpc) is 3.14. The summed E-state index contributed by atoms with van der Waals surface area (Å²) >= 11 is 3.47. The van der Waals surface area contributed by atoms with Crippen LogP contribution in [0.2, 0.25) is 0 Å². The molecule has 0 aliphatic heterocycles. The molecule has 0 amide bonds. The molecule has 4 rings (SSSR count). The number of halogens is 1. The van der Waals surface area contributed by atoms with Gasteiger partial charge in [0.05, 0.1) is 18.0 Å². The van der Waals surface area contributed by atoms with Gasteiger partial charge in [-0.05, 0) is 47.5 Å². The first-order valence-electron chi connectivity index (χ1n) is 8.63. The predicted molar refractivity (Wildman–Crippen MR) is 109 cm³/mol. The van der Waals surface area contributed by atoms with Crippen LogP contribution in [0.5, 0.6) is 11.5 Å². The lowest BCUT2D eigenvalue weighted by Gasteiger charge is -2.17. The molecule has 0 aliphatic rings. The largest absolute Gasteiger partial charge is 0.506 e. The molecule has 6 heteroatoms. The molecule has 0 saturated carbocycles. The molecule has 0 atom stereocenters. The van der Waals surface area contributed by atoms with Crippen LogP contribution in [0.25, 0.3) is 28.0 Å². The standard InChI is InChI=1S/C21H18BrN3O2/c1-13(2)27-17-9-8-15(21(26)19(17)22)20-16(14-6-4-3-5-7-14)12-23-18-10-11-24-25(18)20/h3-13,26H,1-2H3. The van der Waals surface area contributed by atoms with Gasteiger partial charge in [0.2, 0.25) is 0 Å². The highest BCUT2D eigenvalue weighted by atomic mass is 79.9. The lowest BCUT2D eigenvalue weighted by atomic mass is 10.00. The Morgan fingerprint density at radius 3 is 2.56 bits per heavy atom. The van der Waals surface area contributed by atoms with Crippen molar-refractivity contribution >= 4 is 21.6 Å². The Morgan fingerprint density at radius 2 is 1.81 bits per heavy atom. The van der Waals surface area contributed by atoms with E-state index in [0.29, 0.717) is 21.4 Å². The fourth-order valence-electron chi connectivity index (χ4n) is 3.04. The average molecular weight is 424 g/mol. The van der Waals surface area contributed by atoms with Crippen molar-refractivity contribution in [3.8, 4) is 33.9 Å². The third-order valence-corrected chi connectivity index (χ3v) is 4.97. The van der Waals surface area contributed by atoms with Crippen LogP contribution >= 0.6 is 15.9 Å². The number of nitrogens with zero attached hydrogens (tertiary/aromatic N) is 3. The highest BCUT2D eigenvalue weighted by Crippen LogP contribution is 2.44. The van der Waals surface area contributed by atoms with E-state index in [0.717, 1.165) is 16.8 Å². The van der Waals surface area contributed by atoms with E-state index in [-0.39, 0.29) is 11.9 Å². The maximum Gasteiger partial charge on any atom is 0.155 e. The number of phenolic OH excluding ortho intramolecular Hbond substituents is 1. The quantitative estimate of drug-likeness (QED) is 0.482. The van der Waals surface area contributed by atoms with Crippen LogP contribution in [-0.4, -0.2) is 25.8 Å². The summed E-state index contributed by atoms with van der Waals surface area (Å²) in [6.45, 7) is 3.89. The van der Waals surface area contributed by atoms with Gasteiger partial charge in [-0.25, -0.2) is 9.50 Å². The Balaban J connectivity index is 1.99. The van der Waals surface area contributed by atoms with E-state index >= 15 is 0 Å². The van der Waals surface area contributed by atoms with Gasteiger partial charge in [0.1, 0.15) is 16.0 Å². The third-order valence-electron chi connectivity index (χ3n) is 4.20. The van der Waals surface area contributed by atoms with Gasteiger partial charge < -0.3 is 9.84 Å². The minimum absolute atomic E-state index is 0.00479. The summed E-state index contributed by atoms with van der Waals surface area (Å²) in [5.74, 6) is 0.701. The van der Waals surface area contributed by atoms with Crippen molar-refractivity contribution < 1.29 is 9.84 Å². The van der Waals surface area contributed by atoms with E-state index in [4.69, 9.17) is 4.74 Å². The smallest absolute Gasteiger partial charge is 0.155 e. The lowest BCUT2D eigenvalue weighted by molar-refractivity contribution is 0.239. The minimum atomic E-state index is 0.00479. The molecule has 4 aromatic rings. The van der Waals surface area contributed by atoms with Gasteiger partial charge in [0.25, 0.3) is 0 Å². The summed E-state index contributed by atoms with van der Waals surface area (Å²) in [5, 5.41) is 15.3. The molecule has 0 fully saturated rings. The molecule has 2 aromatic heterocycles. The molecule has 2 aromatic carbocycles. The van der Waals surface area contributed by atoms with E-state index in [1.807, 2.05) is 68.6 Å². The summed E-state index contributed by atoms with van der Waals surface area (Å²) in [6, 6.07) is 15.5. The van der Waals surface area contributed by atoms with Crippen molar-refractivity contribution in [2.24, 2.45) is 0 Å². The predicted octanol–water partition coefficient (Wildman–Crippen LogP) is 5.32. The second-order valence-corrected chi connectivity index (χ2v) is 7.22. The van der Waals surface area contributed by atoms with E-state index in [9.17, 15) is 5.11 Å². The maximum atomic E-state index is 10.9. The first-order chi connectivity index (χ1) is 13.1. The number of rotatable bonds is 4. The fraction of sp³-hybridized carbons (Fsp3) is 0.143. The Labute approximate surface area is 165 Å². The fourth-order valence-corrected chi connectivity index (χ4v) is 3.48. The van der Waals surface area contributed by atoms with Crippen LogP contribution in [0.15, 0.2) is 65.4 Å². The van der Waals surface area contributed by atoms with Crippen LogP contribution in [0.4, 0.5) is 0 Å². The lowest BCUT2D eigenvalue weighted by Crippen LogP contribution is -2.06. The Bertz CT molecular complexity index is 1110. The molecule has 0 unspecified atom stereocenters. The van der Waals surface area contributed by atoms with Crippen molar-refractivity contribution in [3.63, 3.8) is 0 Å². The molecular formula is C21H18BrN3O2. The number of aromatic nitrogens is 3. The highest BCUT2D eigenvalue weighted by molar-refractivity contribution is 9.10. The van der Waals surface area contributed by atoms with Crippen molar-refractivity contribution in [2.45, 2.75) is 20.0 Å². The molecule has 136 valence electrons. The maximum absolute atomic E-state index is 10.9. The normalized spacial score (nSPS) is 11.3. The van der Waals surface area contributed by atoms with Gasteiger partial charge in [-0.1, -0.05) is 30.3 Å². The van der Waals surface area contributed by atoms with Gasteiger partial charge in [-0.2, -0.15) is 5.10 Å². The molecule has 0 bridgehead atoms. The molecule has 0 spiro atoms. The number of ether oxygens (including phenoxy) is 1. The van der Waals surface area contributed by atoms with Gasteiger partial charge >= 0.3 is 0 Å². The first-order valence-corrected chi connectivity index (χ1v) is 9.42. The van der Waals surface area contributed by atoms with Gasteiger partial charge in [0.15, 0.2) is 5.65 Å². The van der Waals surface area contributed by atoms with E-state index in [1.165, 1.54) is 0 Å². The zero-order valence-corrected chi connectivity index (χ0v) is 16.5. The molecule has 0 aliphatic carbocycles. The number of phenols is 1. The molecule has 0 saturated heterocycles. The number of fused-ring (bicyclic) bond motifs is 1. The number of aromatic hydroxyl groups is 1. The molecule has 5 nitrogen and oxygen atoms in total. The van der Waals surface area contributed by atoms with Crippen molar-refractivity contribution in [2.75, 3.05) is 0 Å². The number of benzene rings is 2. The van der Waals surface area contributed by atoms with Gasteiger partial charge in [0, 0.05) is 23.4 Å². The summed E-state index contributed by atoms with van der Waals surface area (Å²) in [4.78, 5) is 4.50. The first kappa shape index (κ1) is 17.5. The Kier molecular flexibility index (Phi) is 4.58. The van der Waals surface area contributed by atoms with Crippen LogP contribution in [0.1, 0.15) is 13.8 Å². The third kappa shape index (κ3) is 3.17. The molecular weight excluding hydrogens is 406 g/mol. The molecule has 27 heavy (non-hydrogen) atoms. The Morgan fingerprint density at radius 1 is 1.04 bits per heavy atom. The van der Waals surface area contributed by atoms with Crippen LogP contribution < -0.4 is 4.74 Å². The second kappa shape index (κ2) is 7.04. The van der Waals surface area contributed by atoms with Crippen LogP contribution in [0.3, 0.4) is 0 Å².